The van der Waals surface area contributed by atoms with Gasteiger partial charge in [-0.05, 0) is 48.9 Å². The highest BCUT2D eigenvalue weighted by Crippen LogP contribution is 2.19. The number of carbonyl (C=O) groups is 1. The average molecular weight is 423 g/mol. The van der Waals surface area contributed by atoms with E-state index in [4.69, 9.17) is 4.74 Å². The summed E-state index contributed by atoms with van der Waals surface area (Å²) in [6.45, 7) is 2.39. The average Bonchev–Trinajstić information content (AvgIpc) is 2.67. The Bertz CT molecular complexity index is 970. The van der Waals surface area contributed by atoms with Crippen molar-refractivity contribution >= 4 is 28.1 Å². The molecule has 3 aromatic rings. The third-order valence-electron chi connectivity index (χ3n) is 3.85. The Morgan fingerprint density at radius 1 is 1.07 bits per heavy atom. The van der Waals surface area contributed by atoms with Crippen LogP contribution in [0.4, 0.5) is 0 Å². The Kier molecular flexibility index (Phi) is 6.39. The molecule has 0 radical (unpaired) electrons. The summed E-state index contributed by atoms with van der Waals surface area (Å²) in [5.74, 6) is 0.452. The molecule has 0 atom stereocenters. The first-order chi connectivity index (χ1) is 13.1. The summed E-state index contributed by atoms with van der Waals surface area (Å²) in [5.41, 5.74) is 6.00. The zero-order valence-corrected chi connectivity index (χ0v) is 16.4. The summed E-state index contributed by atoms with van der Waals surface area (Å²) in [6, 6.07) is 22.9. The molecule has 1 N–H and O–H groups in total. The maximum Gasteiger partial charge on any atom is 0.271 e. The van der Waals surface area contributed by atoms with Crippen molar-refractivity contribution in [3.05, 3.63) is 99.5 Å². The number of carbonyl (C=O) groups excluding carboxylic acids is 1. The predicted octanol–water partition coefficient (Wildman–Crippen LogP) is 5.10. The number of ether oxygens (including phenoxy) is 1. The molecule has 0 unspecified atom stereocenters. The van der Waals surface area contributed by atoms with Crippen LogP contribution in [-0.4, -0.2) is 12.1 Å². The summed E-state index contributed by atoms with van der Waals surface area (Å²) >= 11 is 3.46. The first kappa shape index (κ1) is 18.9. The van der Waals surface area contributed by atoms with E-state index in [1.54, 1.807) is 12.3 Å². The van der Waals surface area contributed by atoms with Gasteiger partial charge in [-0.2, -0.15) is 5.10 Å². The molecule has 0 aliphatic heterocycles. The van der Waals surface area contributed by atoms with Gasteiger partial charge < -0.3 is 4.74 Å². The molecule has 27 heavy (non-hydrogen) atoms. The Morgan fingerprint density at radius 2 is 1.89 bits per heavy atom. The Hall–Kier alpha value is -2.92. The van der Waals surface area contributed by atoms with E-state index in [0.29, 0.717) is 17.9 Å². The SMILES string of the molecule is Cc1cccc(C(=O)NN=Cc2ccccc2OCc2cccc(Br)c2)c1. The van der Waals surface area contributed by atoms with Gasteiger partial charge in [-0.25, -0.2) is 5.43 Å². The van der Waals surface area contributed by atoms with Crippen LogP contribution in [0.15, 0.2) is 82.4 Å². The van der Waals surface area contributed by atoms with Crippen LogP contribution in [-0.2, 0) is 6.61 Å². The third kappa shape index (κ3) is 5.53. The van der Waals surface area contributed by atoms with Crippen molar-refractivity contribution in [2.24, 2.45) is 5.10 Å². The fourth-order valence-corrected chi connectivity index (χ4v) is 2.96. The molecule has 5 heteroatoms. The lowest BCUT2D eigenvalue weighted by molar-refractivity contribution is 0.0955. The molecule has 0 heterocycles. The maximum absolute atomic E-state index is 12.2. The highest BCUT2D eigenvalue weighted by Gasteiger charge is 2.05. The van der Waals surface area contributed by atoms with Crippen LogP contribution in [0.2, 0.25) is 0 Å². The molecular weight excluding hydrogens is 404 g/mol. The minimum Gasteiger partial charge on any atom is -0.488 e. The number of nitrogens with zero attached hydrogens (tertiary/aromatic N) is 1. The number of amides is 1. The smallest absolute Gasteiger partial charge is 0.271 e. The molecule has 0 aliphatic rings. The first-order valence-corrected chi connectivity index (χ1v) is 9.27. The molecule has 1 amide bonds. The molecule has 0 spiro atoms. The second kappa shape index (κ2) is 9.14. The molecule has 0 aromatic heterocycles. The van der Waals surface area contributed by atoms with Gasteiger partial charge >= 0.3 is 0 Å². The molecule has 0 bridgehead atoms. The quantitative estimate of drug-likeness (QED) is 0.443. The number of benzene rings is 3. The molecule has 0 saturated carbocycles. The van der Waals surface area contributed by atoms with E-state index in [9.17, 15) is 4.79 Å². The van der Waals surface area contributed by atoms with Crippen molar-refractivity contribution in [1.82, 2.24) is 5.43 Å². The Morgan fingerprint density at radius 3 is 2.70 bits per heavy atom. The summed E-state index contributed by atoms with van der Waals surface area (Å²) in [7, 11) is 0. The molecule has 3 rings (SSSR count). The topological polar surface area (TPSA) is 50.7 Å². The normalized spacial score (nSPS) is 10.7. The lowest BCUT2D eigenvalue weighted by Gasteiger charge is -2.09. The Labute approximate surface area is 167 Å². The maximum atomic E-state index is 12.2. The van der Waals surface area contributed by atoms with Gasteiger partial charge in [0.2, 0.25) is 0 Å². The zero-order chi connectivity index (χ0) is 19.1. The Balaban J connectivity index is 1.65. The summed E-state index contributed by atoms with van der Waals surface area (Å²) in [4.78, 5) is 12.2. The number of hydrogen-bond donors (Lipinski definition) is 1. The van der Waals surface area contributed by atoms with Crippen molar-refractivity contribution < 1.29 is 9.53 Å². The van der Waals surface area contributed by atoms with Gasteiger partial charge in [-0.3, -0.25) is 4.79 Å². The number of hydrogen-bond acceptors (Lipinski definition) is 3. The van der Waals surface area contributed by atoms with Crippen molar-refractivity contribution in [3.8, 4) is 5.75 Å². The van der Waals surface area contributed by atoms with Gasteiger partial charge in [-0.15, -0.1) is 0 Å². The van der Waals surface area contributed by atoms with Crippen LogP contribution in [0, 0.1) is 6.92 Å². The van der Waals surface area contributed by atoms with Gasteiger partial charge in [-0.1, -0.05) is 57.9 Å². The van der Waals surface area contributed by atoms with Gasteiger partial charge in [0.05, 0.1) is 6.21 Å². The van der Waals surface area contributed by atoms with Crippen LogP contribution >= 0.6 is 15.9 Å². The van der Waals surface area contributed by atoms with E-state index in [0.717, 1.165) is 21.2 Å². The van der Waals surface area contributed by atoms with E-state index < -0.39 is 0 Å². The second-order valence-corrected chi connectivity index (χ2v) is 6.94. The van der Waals surface area contributed by atoms with Gasteiger partial charge in [0.1, 0.15) is 12.4 Å². The second-order valence-electron chi connectivity index (χ2n) is 6.03. The van der Waals surface area contributed by atoms with Crippen LogP contribution in [0.3, 0.4) is 0 Å². The standard InChI is InChI=1S/C22H19BrN2O2/c1-16-6-4-9-18(12-16)22(26)25-24-14-19-8-2-3-11-21(19)27-15-17-7-5-10-20(23)13-17/h2-14H,15H2,1H3,(H,25,26). The number of halogens is 1. The number of rotatable bonds is 6. The predicted molar refractivity (Wildman–Crippen MR) is 111 cm³/mol. The number of nitrogens with one attached hydrogen (secondary N) is 1. The third-order valence-corrected chi connectivity index (χ3v) is 4.35. The van der Waals surface area contributed by atoms with Crippen molar-refractivity contribution in [2.75, 3.05) is 0 Å². The molecule has 136 valence electrons. The molecule has 0 fully saturated rings. The summed E-state index contributed by atoms with van der Waals surface area (Å²) in [6.07, 6.45) is 1.59. The monoisotopic (exact) mass is 422 g/mol. The van der Waals surface area contributed by atoms with E-state index in [-0.39, 0.29) is 5.91 Å². The van der Waals surface area contributed by atoms with Crippen molar-refractivity contribution in [2.45, 2.75) is 13.5 Å². The minimum absolute atomic E-state index is 0.248. The summed E-state index contributed by atoms with van der Waals surface area (Å²) < 4.78 is 6.92. The highest BCUT2D eigenvalue weighted by atomic mass is 79.9. The summed E-state index contributed by atoms with van der Waals surface area (Å²) in [5, 5.41) is 4.07. The fraction of sp³-hybridized carbons (Fsp3) is 0.0909. The van der Waals surface area contributed by atoms with Crippen LogP contribution in [0.1, 0.15) is 27.0 Å². The number of para-hydroxylation sites is 1. The lowest BCUT2D eigenvalue weighted by atomic mass is 10.1. The van der Waals surface area contributed by atoms with E-state index in [2.05, 4.69) is 26.5 Å². The first-order valence-electron chi connectivity index (χ1n) is 8.48. The van der Waals surface area contributed by atoms with Crippen LogP contribution in [0.25, 0.3) is 0 Å². The van der Waals surface area contributed by atoms with E-state index in [1.165, 1.54) is 0 Å². The fourth-order valence-electron chi connectivity index (χ4n) is 2.52. The van der Waals surface area contributed by atoms with Crippen molar-refractivity contribution in [1.29, 1.82) is 0 Å². The highest BCUT2D eigenvalue weighted by molar-refractivity contribution is 9.10. The molecule has 3 aromatic carbocycles. The largest absolute Gasteiger partial charge is 0.488 e. The van der Waals surface area contributed by atoms with Gasteiger partial charge in [0.25, 0.3) is 5.91 Å². The van der Waals surface area contributed by atoms with E-state index >= 15 is 0 Å². The molecule has 0 aliphatic carbocycles. The van der Waals surface area contributed by atoms with Gasteiger partial charge in [0.15, 0.2) is 0 Å². The molecular formula is C22H19BrN2O2. The van der Waals surface area contributed by atoms with Crippen LogP contribution < -0.4 is 10.2 Å². The lowest BCUT2D eigenvalue weighted by Crippen LogP contribution is -2.17. The van der Waals surface area contributed by atoms with Gasteiger partial charge in [0, 0.05) is 15.6 Å². The van der Waals surface area contributed by atoms with E-state index in [1.807, 2.05) is 73.7 Å². The van der Waals surface area contributed by atoms with Crippen LogP contribution in [0.5, 0.6) is 5.75 Å². The molecule has 4 nitrogen and oxygen atoms in total. The minimum atomic E-state index is -0.248. The number of aryl methyl sites for hydroxylation is 1. The zero-order valence-electron chi connectivity index (χ0n) is 14.9. The van der Waals surface area contributed by atoms with Crippen molar-refractivity contribution in [3.63, 3.8) is 0 Å². The molecule has 0 saturated heterocycles. The number of hydrazone groups is 1.